The van der Waals surface area contributed by atoms with Gasteiger partial charge in [-0.1, -0.05) is 0 Å². The minimum absolute atomic E-state index is 0.150. The van der Waals surface area contributed by atoms with E-state index >= 15 is 0 Å². The highest BCUT2D eigenvalue weighted by molar-refractivity contribution is 6.27. The third-order valence-electron chi connectivity index (χ3n) is 7.53. The van der Waals surface area contributed by atoms with Gasteiger partial charge in [0.25, 0.3) is 0 Å². The molecule has 0 aromatic rings. The molecule has 0 radical (unpaired) electrons. The molecule has 4 fully saturated rings. The Balaban J connectivity index is 0.000000234. The second kappa shape index (κ2) is 14.9. The molecule has 0 aromatic heterocycles. The van der Waals surface area contributed by atoms with Crippen LogP contribution in [0, 0.1) is 23.7 Å². The molecule has 4 saturated heterocycles. The third-order valence-corrected chi connectivity index (χ3v) is 7.53. The first-order valence-electron chi connectivity index (χ1n) is 14.4. The number of aliphatic carboxylic acids is 2. The highest BCUT2D eigenvalue weighted by atomic mass is 16.6. The maximum Gasteiger partial charge on any atom is 0.414 e. The Morgan fingerprint density at radius 1 is 0.575 bits per heavy atom. The van der Waals surface area contributed by atoms with Crippen molar-refractivity contribution in [2.45, 2.75) is 78.4 Å². The first kappa shape index (κ1) is 33.6. The first-order valence-corrected chi connectivity index (χ1v) is 14.4. The molecular weight excluding hydrogens is 520 g/mol. The smallest absolute Gasteiger partial charge is 0.414 e. The molecule has 0 spiro atoms. The summed E-state index contributed by atoms with van der Waals surface area (Å²) in [4.78, 5) is 45.6. The molecule has 4 aliphatic heterocycles. The molecule has 0 aromatic carbocycles. The molecule has 4 rings (SSSR count). The molecule has 230 valence electrons. The van der Waals surface area contributed by atoms with Crippen molar-refractivity contribution in [3.8, 4) is 0 Å². The molecule has 4 aliphatic rings. The number of ether oxygens (including phenoxy) is 2. The van der Waals surface area contributed by atoms with Crippen LogP contribution in [-0.4, -0.2) is 108 Å². The van der Waals surface area contributed by atoms with Crippen molar-refractivity contribution in [3.05, 3.63) is 0 Å². The number of rotatable bonds is 2. The van der Waals surface area contributed by atoms with E-state index in [1.807, 2.05) is 51.3 Å². The van der Waals surface area contributed by atoms with E-state index in [0.717, 1.165) is 102 Å². The van der Waals surface area contributed by atoms with Crippen molar-refractivity contribution >= 4 is 24.1 Å². The highest BCUT2D eigenvalue weighted by Gasteiger charge is 2.34. The predicted octanol–water partition coefficient (Wildman–Crippen LogP) is 2.86. The monoisotopic (exact) mass is 570 g/mol. The SMILES string of the molecule is CC(C)(C)OC(=O)N1CCC(C2CNC2)CC1.CC(C)(C)OC(=O)N1CCC(C2CNC2)CC1.O=C(O)C(=O)O. The lowest BCUT2D eigenvalue weighted by Crippen LogP contribution is -2.50. The number of hydrogen-bond donors (Lipinski definition) is 4. The molecule has 0 bridgehead atoms. The molecule has 0 aliphatic carbocycles. The van der Waals surface area contributed by atoms with Crippen LogP contribution in [0.1, 0.15) is 67.2 Å². The van der Waals surface area contributed by atoms with Gasteiger partial charge in [0, 0.05) is 26.2 Å². The van der Waals surface area contributed by atoms with Crippen molar-refractivity contribution < 1.29 is 38.9 Å². The second-order valence-corrected chi connectivity index (χ2v) is 13.1. The number of nitrogens with one attached hydrogen (secondary N) is 2. The molecule has 0 unspecified atom stereocenters. The van der Waals surface area contributed by atoms with Crippen LogP contribution in [-0.2, 0) is 19.1 Å². The Hall–Kier alpha value is -2.60. The van der Waals surface area contributed by atoms with Crippen molar-refractivity contribution in [2.75, 3.05) is 52.4 Å². The van der Waals surface area contributed by atoms with Crippen molar-refractivity contribution in [3.63, 3.8) is 0 Å². The van der Waals surface area contributed by atoms with Crippen molar-refractivity contribution in [1.82, 2.24) is 20.4 Å². The largest absolute Gasteiger partial charge is 0.473 e. The fourth-order valence-electron chi connectivity index (χ4n) is 5.05. The molecule has 4 heterocycles. The number of likely N-dealkylation sites (tertiary alicyclic amines) is 2. The summed E-state index contributed by atoms with van der Waals surface area (Å²) in [5.74, 6) is -0.360. The predicted molar refractivity (Wildman–Crippen MR) is 149 cm³/mol. The first-order chi connectivity index (χ1) is 18.6. The number of piperidine rings is 2. The molecule has 4 N–H and O–H groups in total. The number of carbonyl (C=O) groups excluding carboxylic acids is 2. The Bertz CT molecular complexity index is 775. The van der Waals surface area contributed by atoms with Gasteiger partial charge >= 0.3 is 24.1 Å². The second-order valence-electron chi connectivity index (χ2n) is 13.1. The Labute approximate surface area is 238 Å². The number of nitrogens with zero attached hydrogens (tertiary/aromatic N) is 2. The maximum atomic E-state index is 11.9. The number of carboxylic acids is 2. The lowest BCUT2D eigenvalue weighted by molar-refractivity contribution is -0.159. The lowest BCUT2D eigenvalue weighted by Gasteiger charge is -2.40. The quantitative estimate of drug-likeness (QED) is 0.364. The third kappa shape index (κ3) is 11.9. The fraction of sp³-hybridized carbons (Fsp3) is 0.857. The van der Waals surface area contributed by atoms with E-state index in [1.165, 1.54) is 0 Å². The van der Waals surface area contributed by atoms with E-state index in [0.29, 0.717) is 0 Å². The van der Waals surface area contributed by atoms with Crippen LogP contribution >= 0.6 is 0 Å². The molecular formula is C28H50N4O8. The van der Waals surface area contributed by atoms with Crippen LogP contribution in [0.2, 0.25) is 0 Å². The molecule has 0 saturated carbocycles. The average molecular weight is 571 g/mol. The number of amides is 2. The normalized spacial score (nSPS) is 20.9. The maximum absolute atomic E-state index is 11.9. The van der Waals surface area contributed by atoms with E-state index in [9.17, 15) is 9.59 Å². The Kier molecular flexibility index (Phi) is 12.5. The van der Waals surface area contributed by atoms with Crippen LogP contribution in [0.4, 0.5) is 9.59 Å². The van der Waals surface area contributed by atoms with Crippen LogP contribution in [0.5, 0.6) is 0 Å². The van der Waals surface area contributed by atoms with Gasteiger partial charge in [0.15, 0.2) is 0 Å². The van der Waals surface area contributed by atoms with E-state index in [4.69, 9.17) is 29.3 Å². The Morgan fingerprint density at radius 3 is 1.02 bits per heavy atom. The van der Waals surface area contributed by atoms with Crippen LogP contribution in [0.25, 0.3) is 0 Å². The summed E-state index contributed by atoms with van der Waals surface area (Å²) in [5, 5.41) is 21.4. The minimum atomic E-state index is -1.82. The van der Waals surface area contributed by atoms with Gasteiger partial charge in [-0.05, 0) is 117 Å². The summed E-state index contributed by atoms with van der Waals surface area (Å²) in [7, 11) is 0. The van der Waals surface area contributed by atoms with Gasteiger partial charge in [0.05, 0.1) is 0 Å². The van der Waals surface area contributed by atoms with Crippen LogP contribution in [0.3, 0.4) is 0 Å². The zero-order valence-corrected chi connectivity index (χ0v) is 25.0. The summed E-state index contributed by atoms with van der Waals surface area (Å²) < 4.78 is 10.8. The van der Waals surface area contributed by atoms with Gasteiger partial charge in [0.1, 0.15) is 11.2 Å². The topological polar surface area (TPSA) is 158 Å². The molecule has 12 nitrogen and oxygen atoms in total. The van der Waals surface area contributed by atoms with Gasteiger partial charge in [-0.3, -0.25) is 0 Å². The van der Waals surface area contributed by atoms with Crippen molar-refractivity contribution in [2.24, 2.45) is 23.7 Å². The van der Waals surface area contributed by atoms with Gasteiger partial charge < -0.3 is 40.1 Å². The number of carbonyl (C=O) groups is 4. The van der Waals surface area contributed by atoms with E-state index in [2.05, 4.69) is 10.6 Å². The lowest BCUT2D eigenvalue weighted by atomic mass is 9.81. The summed E-state index contributed by atoms with van der Waals surface area (Å²) in [5.41, 5.74) is -0.766. The van der Waals surface area contributed by atoms with Gasteiger partial charge in [-0.2, -0.15) is 0 Å². The summed E-state index contributed by atoms with van der Waals surface area (Å²) >= 11 is 0. The minimum Gasteiger partial charge on any atom is -0.473 e. The standard InChI is InChI=1S/2C13H24N2O2.C2H2O4/c2*1-13(2,3)17-12(16)15-6-4-10(5-7-15)11-8-14-9-11;3-1(4)2(5)6/h2*10-11,14H,4-9H2,1-3H3;(H,3,4)(H,5,6). The highest BCUT2D eigenvalue weighted by Crippen LogP contribution is 2.29. The van der Waals surface area contributed by atoms with Crippen LogP contribution < -0.4 is 10.6 Å². The number of hydrogen-bond acceptors (Lipinski definition) is 8. The van der Waals surface area contributed by atoms with Crippen molar-refractivity contribution in [1.29, 1.82) is 0 Å². The van der Waals surface area contributed by atoms with Gasteiger partial charge in [0.2, 0.25) is 0 Å². The Morgan fingerprint density at radius 2 is 0.850 bits per heavy atom. The fourth-order valence-corrected chi connectivity index (χ4v) is 5.05. The summed E-state index contributed by atoms with van der Waals surface area (Å²) in [6.45, 7) is 19.6. The van der Waals surface area contributed by atoms with Gasteiger partial charge in [-0.15, -0.1) is 0 Å². The zero-order chi connectivity index (χ0) is 30.1. The molecule has 2 amide bonds. The van der Waals surface area contributed by atoms with Crippen LogP contribution in [0.15, 0.2) is 0 Å². The summed E-state index contributed by atoms with van der Waals surface area (Å²) in [6.07, 6.45) is 4.22. The zero-order valence-electron chi connectivity index (χ0n) is 25.0. The summed E-state index contributed by atoms with van der Waals surface area (Å²) in [6, 6.07) is 0. The molecule has 12 heteroatoms. The van der Waals surface area contributed by atoms with E-state index in [-0.39, 0.29) is 23.4 Å². The number of carboxylic acid groups (broad SMARTS) is 2. The molecule has 40 heavy (non-hydrogen) atoms. The van der Waals surface area contributed by atoms with Gasteiger partial charge in [-0.25, -0.2) is 19.2 Å². The van der Waals surface area contributed by atoms with E-state index < -0.39 is 11.9 Å². The molecule has 0 atom stereocenters. The van der Waals surface area contributed by atoms with E-state index in [1.54, 1.807) is 0 Å². The average Bonchev–Trinajstić information content (AvgIpc) is 2.76.